The summed E-state index contributed by atoms with van der Waals surface area (Å²) in [5.41, 5.74) is 2.84. The molecule has 0 unspecified atom stereocenters. The summed E-state index contributed by atoms with van der Waals surface area (Å²) in [5.74, 6) is 5.11. The van der Waals surface area contributed by atoms with Crippen molar-refractivity contribution in [3.8, 4) is 0 Å². The number of hydrogen-bond acceptors (Lipinski definition) is 4. The number of benzene rings is 1. The lowest BCUT2D eigenvalue weighted by Gasteiger charge is -2.39. The number of anilines is 1. The molecule has 0 bridgehead atoms. The fourth-order valence-electron chi connectivity index (χ4n) is 2.68. The second kappa shape index (κ2) is 6.64. The summed E-state index contributed by atoms with van der Waals surface area (Å²) in [7, 11) is 0. The molecular formula is C15H23ClN4O. The number of nitrogens with zero attached hydrogens (tertiary/aromatic N) is 2. The van der Waals surface area contributed by atoms with E-state index in [0.717, 1.165) is 36.9 Å². The van der Waals surface area contributed by atoms with Gasteiger partial charge in [-0.1, -0.05) is 23.7 Å². The van der Waals surface area contributed by atoms with Crippen LogP contribution >= 0.6 is 11.6 Å². The number of rotatable bonds is 4. The monoisotopic (exact) mass is 310 g/mol. The number of nitrogens with two attached hydrogens (primary N) is 1. The third-order valence-electron chi connectivity index (χ3n) is 3.93. The largest absolute Gasteiger partial charge is 0.368 e. The molecule has 1 aliphatic rings. The molecule has 2 rings (SSSR count). The van der Waals surface area contributed by atoms with Gasteiger partial charge in [-0.05, 0) is 26.0 Å². The normalized spacial score (nSPS) is 16.9. The molecular weight excluding hydrogens is 288 g/mol. The summed E-state index contributed by atoms with van der Waals surface area (Å²) in [4.78, 5) is 16.3. The Bertz CT molecular complexity index is 498. The Kier molecular flexibility index (Phi) is 5.08. The van der Waals surface area contributed by atoms with Crippen LogP contribution in [0.3, 0.4) is 0 Å². The van der Waals surface area contributed by atoms with E-state index in [2.05, 4.69) is 15.2 Å². The number of para-hydroxylation sites is 1. The van der Waals surface area contributed by atoms with Gasteiger partial charge in [0, 0.05) is 32.7 Å². The van der Waals surface area contributed by atoms with E-state index in [0.29, 0.717) is 6.54 Å². The van der Waals surface area contributed by atoms with Crippen molar-refractivity contribution in [2.45, 2.75) is 13.8 Å². The molecule has 0 radical (unpaired) electrons. The van der Waals surface area contributed by atoms with E-state index < -0.39 is 5.41 Å². The topological polar surface area (TPSA) is 61.6 Å². The predicted octanol–water partition coefficient (Wildman–Crippen LogP) is 1.48. The van der Waals surface area contributed by atoms with E-state index in [4.69, 9.17) is 17.4 Å². The molecule has 0 spiro atoms. The van der Waals surface area contributed by atoms with Crippen molar-refractivity contribution in [1.29, 1.82) is 0 Å². The van der Waals surface area contributed by atoms with E-state index in [9.17, 15) is 4.79 Å². The predicted molar refractivity (Wildman–Crippen MR) is 86.2 cm³/mol. The number of hydrazine groups is 1. The standard InChI is InChI=1S/C15H23ClN4O/c1-15(2,14(21)18-17)11-19-7-9-20(10-8-19)13-6-4-3-5-12(13)16/h3-6H,7-11,17H2,1-2H3,(H,18,21). The first-order valence-corrected chi connectivity index (χ1v) is 7.55. The fraction of sp³-hybridized carbons (Fsp3) is 0.533. The molecule has 0 aromatic heterocycles. The van der Waals surface area contributed by atoms with Crippen LogP contribution in [0.4, 0.5) is 5.69 Å². The SMILES string of the molecule is CC(C)(CN1CCN(c2ccccc2Cl)CC1)C(=O)NN. The summed E-state index contributed by atoms with van der Waals surface area (Å²) in [5, 5.41) is 0.786. The second-order valence-corrected chi connectivity index (χ2v) is 6.48. The average Bonchev–Trinajstić information content (AvgIpc) is 2.47. The molecule has 0 saturated carbocycles. The van der Waals surface area contributed by atoms with Crippen molar-refractivity contribution < 1.29 is 4.79 Å². The lowest BCUT2D eigenvalue weighted by atomic mass is 9.91. The van der Waals surface area contributed by atoms with Gasteiger partial charge in [-0.2, -0.15) is 0 Å². The van der Waals surface area contributed by atoms with E-state index in [1.165, 1.54) is 0 Å². The maximum atomic E-state index is 11.7. The fourth-order valence-corrected chi connectivity index (χ4v) is 2.94. The van der Waals surface area contributed by atoms with Crippen molar-refractivity contribution in [3.05, 3.63) is 29.3 Å². The van der Waals surface area contributed by atoms with Gasteiger partial charge < -0.3 is 4.90 Å². The molecule has 1 saturated heterocycles. The summed E-state index contributed by atoms with van der Waals surface area (Å²) in [6.45, 7) is 8.16. The van der Waals surface area contributed by atoms with Crippen molar-refractivity contribution in [2.75, 3.05) is 37.6 Å². The quantitative estimate of drug-likeness (QED) is 0.502. The Balaban J connectivity index is 1.92. The van der Waals surface area contributed by atoms with Crippen LogP contribution in [-0.4, -0.2) is 43.5 Å². The minimum Gasteiger partial charge on any atom is -0.368 e. The molecule has 0 aliphatic carbocycles. The highest BCUT2D eigenvalue weighted by atomic mass is 35.5. The molecule has 1 amide bonds. The number of halogens is 1. The zero-order valence-corrected chi connectivity index (χ0v) is 13.4. The zero-order chi connectivity index (χ0) is 15.5. The lowest BCUT2D eigenvalue weighted by molar-refractivity contribution is -0.130. The molecule has 6 heteroatoms. The molecule has 21 heavy (non-hydrogen) atoms. The molecule has 1 aromatic rings. The van der Waals surface area contributed by atoms with Crippen LogP contribution in [0, 0.1) is 5.41 Å². The summed E-state index contributed by atoms with van der Waals surface area (Å²) >= 11 is 6.24. The minimum atomic E-state index is -0.485. The number of hydrogen-bond donors (Lipinski definition) is 2. The zero-order valence-electron chi connectivity index (χ0n) is 12.6. The molecule has 3 N–H and O–H groups in total. The van der Waals surface area contributed by atoms with Crippen LogP contribution in [0.1, 0.15) is 13.8 Å². The highest BCUT2D eigenvalue weighted by molar-refractivity contribution is 6.33. The van der Waals surface area contributed by atoms with Crippen LogP contribution in [0.2, 0.25) is 5.02 Å². The Labute approximate surface area is 131 Å². The van der Waals surface area contributed by atoms with E-state index in [1.54, 1.807) is 0 Å². The first kappa shape index (κ1) is 16.1. The smallest absolute Gasteiger partial charge is 0.240 e. The number of carbonyl (C=O) groups is 1. The van der Waals surface area contributed by atoms with Gasteiger partial charge in [0.05, 0.1) is 16.1 Å². The number of carbonyl (C=O) groups excluding carboxylic acids is 1. The summed E-state index contributed by atoms with van der Waals surface area (Å²) < 4.78 is 0. The van der Waals surface area contributed by atoms with Gasteiger partial charge in [-0.3, -0.25) is 15.1 Å². The Hall–Kier alpha value is -1.30. The number of amides is 1. The van der Waals surface area contributed by atoms with Gasteiger partial charge in [0.1, 0.15) is 0 Å². The van der Waals surface area contributed by atoms with Crippen molar-refractivity contribution in [1.82, 2.24) is 10.3 Å². The van der Waals surface area contributed by atoms with Crippen molar-refractivity contribution in [2.24, 2.45) is 11.3 Å². The molecule has 0 atom stereocenters. The first-order chi connectivity index (χ1) is 9.94. The minimum absolute atomic E-state index is 0.129. The summed E-state index contributed by atoms with van der Waals surface area (Å²) in [6, 6.07) is 7.90. The number of piperazine rings is 1. The van der Waals surface area contributed by atoms with Crippen LogP contribution in [0.5, 0.6) is 0 Å². The molecule has 116 valence electrons. The van der Waals surface area contributed by atoms with Gasteiger partial charge in [0.25, 0.3) is 0 Å². The van der Waals surface area contributed by atoms with Gasteiger partial charge in [0.15, 0.2) is 0 Å². The van der Waals surface area contributed by atoms with Crippen LogP contribution < -0.4 is 16.2 Å². The van der Waals surface area contributed by atoms with Crippen molar-refractivity contribution >= 4 is 23.2 Å². The molecule has 5 nitrogen and oxygen atoms in total. The van der Waals surface area contributed by atoms with Gasteiger partial charge in [-0.15, -0.1) is 0 Å². The highest BCUT2D eigenvalue weighted by Crippen LogP contribution is 2.26. The van der Waals surface area contributed by atoms with Crippen LogP contribution in [-0.2, 0) is 4.79 Å². The summed E-state index contributed by atoms with van der Waals surface area (Å²) in [6.07, 6.45) is 0. The maximum Gasteiger partial charge on any atom is 0.240 e. The third-order valence-corrected chi connectivity index (χ3v) is 4.25. The van der Waals surface area contributed by atoms with E-state index in [1.807, 2.05) is 38.1 Å². The molecule has 1 aliphatic heterocycles. The Morgan fingerprint density at radius 3 is 2.48 bits per heavy atom. The highest BCUT2D eigenvalue weighted by Gasteiger charge is 2.31. The van der Waals surface area contributed by atoms with Crippen LogP contribution in [0.15, 0.2) is 24.3 Å². The molecule has 1 fully saturated rings. The van der Waals surface area contributed by atoms with Crippen LogP contribution in [0.25, 0.3) is 0 Å². The lowest BCUT2D eigenvalue weighted by Crippen LogP contribution is -2.52. The third kappa shape index (κ3) is 3.87. The van der Waals surface area contributed by atoms with Gasteiger partial charge in [-0.25, -0.2) is 5.84 Å². The number of nitrogens with one attached hydrogen (secondary N) is 1. The molecule has 1 aromatic carbocycles. The van der Waals surface area contributed by atoms with E-state index in [-0.39, 0.29) is 5.91 Å². The first-order valence-electron chi connectivity index (χ1n) is 7.17. The van der Waals surface area contributed by atoms with Gasteiger partial charge >= 0.3 is 0 Å². The Morgan fingerprint density at radius 2 is 1.90 bits per heavy atom. The maximum absolute atomic E-state index is 11.7. The molecule has 1 heterocycles. The van der Waals surface area contributed by atoms with Gasteiger partial charge in [0.2, 0.25) is 5.91 Å². The second-order valence-electron chi connectivity index (χ2n) is 6.07. The average molecular weight is 311 g/mol. The van der Waals surface area contributed by atoms with E-state index >= 15 is 0 Å². The van der Waals surface area contributed by atoms with Crippen molar-refractivity contribution in [3.63, 3.8) is 0 Å². The Morgan fingerprint density at radius 1 is 1.29 bits per heavy atom.